The van der Waals surface area contributed by atoms with E-state index >= 15 is 0 Å². The van der Waals surface area contributed by atoms with Crippen molar-refractivity contribution in [3.05, 3.63) is 28.7 Å². The smallest absolute Gasteiger partial charge is 0.296 e. The van der Waals surface area contributed by atoms with Gasteiger partial charge >= 0.3 is 11.8 Å². The van der Waals surface area contributed by atoms with Crippen LogP contribution in [0.5, 0.6) is 0 Å². The Morgan fingerprint density at radius 2 is 2.20 bits per heavy atom. The lowest BCUT2D eigenvalue weighted by Crippen LogP contribution is -1.98. The van der Waals surface area contributed by atoms with Crippen LogP contribution in [-0.2, 0) is 10.8 Å². The van der Waals surface area contributed by atoms with Gasteiger partial charge < -0.3 is 0 Å². The van der Waals surface area contributed by atoms with Gasteiger partial charge in [0.15, 0.2) is 16.0 Å². The molecule has 0 fully saturated rings. The molecule has 108 valence electrons. The molecule has 2 heterocycles. The Balaban J connectivity index is 2.07. The second-order valence-electron chi connectivity index (χ2n) is 3.40. The summed E-state index contributed by atoms with van der Waals surface area (Å²) in [5.41, 5.74) is 0. The molecule has 1 N–H and O–H groups in total. The van der Waals surface area contributed by atoms with Gasteiger partial charge in [-0.25, -0.2) is 14.2 Å². The number of allylic oxidation sites excluding steroid dienone is 1. The number of hydrogen-bond acceptors (Lipinski definition) is 6. The Hall–Kier alpha value is -1.75. The number of H-pyrrole nitrogens is 1. The molecule has 20 heavy (non-hydrogen) atoms. The van der Waals surface area contributed by atoms with Crippen molar-refractivity contribution in [2.45, 2.75) is 10.8 Å². The third-order valence-corrected chi connectivity index (χ3v) is 4.74. The third kappa shape index (κ3) is 3.42. The lowest BCUT2D eigenvalue weighted by molar-refractivity contribution is 0.373. The molecule has 0 spiro atoms. The molecule has 0 bridgehead atoms. The maximum atomic E-state index is 12.6. The molecule has 0 amide bonds. The number of rotatable bonds is 5. The molecule has 2 aromatic heterocycles. The maximum absolute atomic E-state index is 12.6. The van der Waals surface area contributed by atoms with Crippen LogP contribution in [0.2, 0.25) is 0 Å². The van der Waals surface area contributed by atoms with Crippen molar-refractivity contribution in [2.24, 2.45) is 0 Å². The van der Waals surface area contributed by atoms with Crippen LogP contribution in [0.3, 0.4) is 0 Å². The van der Waals surface area contributed by atoms with Gasteiger partial charge in [-0.05, 0) is 0 Å². The molecule has 0 aliphatic carbocycles. The first-order chi connectivity index (χ1) is 9.47. The van der Waals surface area contributed by atoms with Gasteiger partial charge in [0.1, 0.15) is 0 Å². The molecule has 1 atom stereocenters. The Kier molecular flexibility index (Phi) is 4.49. The van der Waals surface area contributed by atoms with Crippen LogP contribution < -0.4 is 5.76 Å². The average Bonchev–Trinajstić information content (AvgIpc) is 3.03. The molecule has 0 saturated carbocycles. The fourth-order valence-electron chi connectivity index (χ4n) is 1.17. The van der Waals surface area contributed by atoms with Crippen LogP contribution in [-0.4, -0.2) is 25.1 Å². The highest BCUT2D eigenvalue weighted by Gasteiger charge is 2.15. The highest BCUT2D eigenvalue weighted by Crippen LogP contribution is 2.25. The summed E-state index contributed by atoms with van der Waals surface area (Å²) in [6.07, 6.45) is -1.75. The molecule has 0 radical (unpaired) electrons. The van der Waals surface area contributed by atoms with Crippen molar-refractivity contribution >= 4 is 22.1 Å². The van der Waals surface area contributed by atoms with E-state index in [2.05, 4.69) is 19.6 Å². The monoisotopic (exact) mass is 325 g/mol. The molecule has 0 aromatic carbocycles. The number of aromatic amines is 1. The largest absolute Gasteiger partial charge is 0.439 e. The van der Waals surface area contributed by atoms with E-state index in [9.17, 15) is 22.2 Å². The molecular weight excluding hydrogens is 319 g/mol. The van der Waals surface area contributed by atoms with E-state index < -0.39 is 34.9 Å². The van der Waals surface area contributed by atoms with Crippen LogP contribution in [0.25, 0.3) is 10.7 Å². The molecule has 2 aromatic rings. The van der Waals surface area contributed by atoms with E-state index in [-0.39, 0.29) is 15.9 Å². The first-order valence-electron chi connectivity index (χ1n) is 5.07. The highest BCUT2D eigenvalue weighted by atomic mass is 32.2. The lowest BCUT2D eigenvalue weighted by atomic mass is 10.4. The van der Waals surface area contributed by atoms with Gasteiger partial charge in [-0.2, -0.15) is 8.78 Å². The first kappa shape index (κ1) is 14.7. The molecule has 1 unspecified atom stereocenters. The predicted octanol–water partition coefficient (Wildman–Crippen LogP) is 2.06. The van der Waals surface area contributed by atoms with Gasteiger partial charge in [-0.1, -0.05) is 5.16 Å². The van der Waals surface area contributed by atoms with Crippen molar-refractivity contribution < 1.29 is 21.9 Å². The normalized spacial score (nSPS) is 12.3. The van der Waals surface area contributed by atoms with Crippen LogP contribution in [0.1, 0.15) is 6.42 Å². The average molecular weight is 325 g/mol. The quantitative estimate of drug-likeness (QED) is 0.909. The second kappa shape index (κ2) is 6.13. The van der Waals surface area contributed by atoms with Gasteiger partial charge in [-0.3, -0.25) is 13.7 Å². The van der Waals surface area contributed by atoms with Gasteiger partial charge in [0.2, 0.25) is 0 Å². The highest BCUT2D eigenvalue weighted by molar-refractivity contribution is 7.87. The molecule has 0 aliphatic rings. The van der Waals surface area contributed by atoms with Crippen molar-refractivity contribution in [2.75, 3.05) is 5.75 Å². The molecule has 0 saturated heterocycles. The van der Waals surface area contributed by atoms with Crippen LogP contribution in [0, 0.1) is 0 Å². The minimum Gasteiger partial charge on any atom is -0.296 e. The molecule has 0 aliphatic heterocycles. The van der Waals surface area contributed by atoms with Crippen LogP contribution >= 0.6 is 11.3 Å². The summed E-state index contributed by atoms with van der Waals surface area (Å²) in [5, 5.41) is 3.42. The predicted molar refractivity (Wildman–Crippen MR) is 64.5 cm³/mol. The summed E-state index contributed by atoms with van der Waals surface area (Å²) >= 11 is 0.938. The Morgan fingerprint density at radius 1 is 1.45 bits per heavy atom. The molecule has 6 nitrogen and oxygen atoms in total. The van der Waals surface area contributed by atoms with E-state index in [4.69, 9.17) is 0 Å². The van der Waals surface area contributed by atoms with Crippen molar-refractivity contribution in [3.8, 4) is 10.7 Å². The number of hydrogen-bond donors (Lipinski definition) is 1. The van der Waals surface area contributed by atoms with E-state index in [1.165, 1.54) is 6.20 Å². The minimum absolute atomic E-state index is 0.121. The zero-order chi connectivity index (χ0) is 14.7. The van der Waals surface area contributed by atoms with Gasteiger partial charge in [0.25, 0.3) is 0 Å². The zero-order valence-corrected chi connectivity index (χ0v) is 11.2. The number of halogens is 3. The topological polar surface area (TPSA) is 88.9 Å². The van der Waals surface area contributed by atoms with Gasteiger partial charge in [-0.15, -0.1) is 11.3 Å². The van der Waals surface area contributed by atoms with Crippen LogP contribution in [0.4, 0.5) is 13.2 Å². The summed E-state index contributed by atoms with van der Waals surface area (Å²) in [4.78, 5) is 17.3. The number of nitrogens with zero attached hydrogens (tertiary/aromatic N) is 2. The SMILES string of the molecule is O=c1[nH]c(-c2cnc(S(=O)CCC(F)=C(F)F)s2)no1. The van der Waals surface area contributed by atoms with E-state index in [1.807, 2.05) is 0 Å². The number of nitrogens with one attached hydrogen (secondary N) is 1. The Labute approximate surface area is 115 Å². The van der Waals surface area contributed by atoms with Crippen molar-refractivity contribution in [1.29, 1.82) is 0 Å². The fraction of sp³-hybridized carbons (Fsp3) is 0.222. The summed E-state index contributed by atoms with van der Waals surface area (Å²) in [6.45, 7) is 0. The van der Waals surface area contributed by atoms with Crippen LogP contribution in [0.15, 0.2) is 31.8 Å². The minimum atomic E-state index is -2.41. The van der Waals surface area contributed by atoms with E-state index in [0.29, 0.717) is 4.88 Å². The first-order valence-corrected chi connectivity index (χ1v) is 7.21. The molecule has 11 heteroatoms. The molecular formula is C9H6F3N3O3S2. The van der Waals surface area contributed by atoms with E-state index in [1.54, 1.807) is 0 Å². The number of thiazole rings is 1. The third-order valence-electron chi connectivity index (χ3n) is 2.06. The van der Waals surface area contributed by atoms with Gasteiger partial charge in [0.05, 0.1) is 21.9 Å². The Morgan fingerprint density at radius 3 is 2.80 bits per heavy atom. The van der Waals surface area contributed by atoms with E-state index in [0.717, 1.165) is 11.3 Å². The van der Waals surface area contributed by atoms with Crippen molar-refractivity contribution in [3.63, 3.8) is 0 Å². The second-order valence-corrected chi connectivity index (χ2v) is 6.17. The maximum Gasteiger partial charge on any atom is 0.439 e. The zero-order valence-electron chi connectivity index (χ0n) is 9.56. The summed E-state index contributed by atoms with van der Waals surface area (Å²) in [7, 11) is -1.72. The number of aromatic nitrogens is 3. The molecule has 2 rings (SSSR count). The van der Waals surface area contributed by atoms with Crippen molar-refractivity contribution in [1.82, 2.24) is 15.1 Å². The Bertz CT molecular complexity index is 717. The standard InChI is InChI=1S/C9H6F3N3O3S2/c10-4(6(11)12)1-2-20(17)9-13-3-5(19-9)7-14-8(16)18-15-7/h3H,1-2H2,(H,14,15,16). The summed E-state index contributed by atoms with van der Waals surface area (Å²) < 4.78 is 52.4. The van der Waals surface area contributed by atoms with Gasteiger partial charge in [0, 0.05) is 12.2 Å². The summed E-state index contributed by atoms with van der Waals surface area (Å²) in [6, 6.07) is 0. The summed E-state index contributed by atoms with van der Waals surface area (Å²) in [5.74, 6) is -2.53. The fourth-order valence-corrected chi connectivity index (χ4v) is 3.36. The lowest BCUT2D eigenvalue weighted by Gasteiger charge is -1.96.